The fraction of sp³-hybridized carbons (Fsp3) is 0.750. The fourth-order valence-electron chi connectivity index (χ4n) is 1.70. The second-order valence-electron chi connectivity index (χ2n) is 4.22. The molecule has 0 radical (unpaired) electrons. The van der Waals surface area contributed by atoms with E-state index in [-0.39, 0.29) is 0 Å². The van der Waals surface area contributed by atoms with Gasteiger partial charge in [-0.2, -0.15) is 0 Å². The molecule has 3 nitrogen and oxygen atoms in total. The van der Waals surface area contributed by atoms with Gasteiger partial charge in [-0.1, -0.05) is 6.92 Å². The zero-order chi connectivity index (χ0) is 11.4. The summed E-state index contributed by atoms with van der Waals surface area (Å²) in [7, 11) is 1.73. The minimum absolute atomic E-state index is 0.774. The van der Waals surface area contributed by atoms with Gasteiger partial charge in [0.15, 0.2) is 0 Å². The van der Waals surface area contributed by atoms with Crippen LogP contribution in [0, 0.1) is 0 Å². The van der Waals surface area contributed by atoms with Crippen molar-refractivity contribution in [1.82, 2.24) is 10.3 Å². The van der Waals surface area contributed by atoms with Crippen LogP contribution in [-0.4, -0.2) is 25.2 Å². The van der Waals surface area contributed by atoms with Crippen LogP contribution >= 0.6 is 11.3 Å². The highest BCUT2D eigenvalue weighted by atomic mass is 32.1. The summed E-state index contributed by atoms with van der Waals surface area (Å²) in [5.74, 6) is 0.781. The van der Waals surface area contributed by atoms with Crippen molar-refractivity contribution in [3.63, 3.8) is 0 Å². The number of aryl methyl sites for hydroxylation is 1. The average molecular weight is 240 g/mol. The van der Waals surface area contributed by atoms with E-state index in [9.17, 15) is 0 Å². The van der Waals surface area contributed by atoms with E-state index in [1.165, 1.54) is 28.4 Å². The minimum Gasteiger partial charge on any atom is -0.383 e. The van der Waals surface area contributed by atoms with Crippen LogP contribution in [0.25, 0.3) is 0 Å². The van der Waals surface area contributed by atoms with Crippen molar-refractivity contribution in [2.75, 3.05) is 20.3 Å². The zero-order valence-electron chi connectivity index (χ0n) is 10.1. The lowest BCUT2D eigenvalue weighted by atomic mass is 10.3. The first kappa shape index (κ1) is 12.0. The Balaban J connectivity index is 1.90. The van der Waals surface area contributed by atoms with E-state index in [1.807, 2.05) is 11.3 Å². The Morgan fingerprint density at radius 1 is 1.50 bits per heavy atom. The quantitative estimate of drug-likeness (QED) is 0.743. The predicted molar refractivity (Wildman–Crippen MR) is 67.0 cm³/mol. The maximum Gasteiger partial charge on any atom is 0.0962 e. The molecule has 0 spiro atoms. The summed E-state index contributed by atoms with van der Waals surface area (Å²) in [4.78, 5) is 6.15. The lowest BCUT2D eigenvalue weighted by Crippen LogP contribution is -2.18. The third-order valence-electron chi connectivity index (χ3n) is 2.82. The first-order valence-corrected chi connectivity index (χ1v) is 6.85. The molecule has 0 aliphatic heterocycles. The molecule has 0 aromatic carbocycles. The first-order valence-electron chi connectivity index (χ1n) is 6.03. The van der Waals surface area contributed by atoms with Gasteiger partial charge in [0.1, 0.15) is 0 Å². The van der Waals surface area contributed by atoms with Crippen LogP contribution in [0.1, 0.15) is 41.3 Å². The standard InChI is InChI=1S/C12H20N2OS/c1-3-10-11(8-13-6-7-15-2)16-12(14-10)9-4-5-9/h9,13H,3-8H2,1-2H3. The lowest BCUT2D eigenvalue weighted by Gasteiger charge is -2.02. The number of nitrogens with zero attached hydrogens (tertiary/aromatic N) is 1. The van der Waals surface area contributed by atoms with Gasteiger partial charge in [-0.3, -0.25) is 0 Å². The predicted octanol–water partition coefficient (Wildman–Crippen LogP) is 2.32. The van der Waals surface area contributed by atoms with Crippen LogP contribution in [0.4, 0.5) is 0 Å². The van der Waals surface area contributed by atoms with Crippen molar-refractivity contribution in [3.8, 4) is 0 Å². The Bertz CT molecular complexity index is 334. The Kier molecular flexibility index (Phi) is 4.32. The molecule has 1 aromatic rings. The van der Waals surface area contributed by atoms with Crippen molar-refractivity contribution in [1.29, 1.82) is 0 Å². The van der Waals surface area contributed by atoms with Gasteiger partial charge in [0.25, 0.3) is 0 Å². The Morgan fingerprint density at radius 3 is 2.94 bits per heavy atom. The van der Waals surface area contributed by atoms with Crippen LogP contribution < -0.4 is 5.32 Å². The van der Waals surface area contributed by atoms with Gasteiger partial charge < -0.3 is 10.1 Å². The van der Waals surface area contributed by atoms with Crippen molar-refractivity contribution >= 4 is 11.3 Å². The molecule has 0 atom stereocenters. The van der Waals surface area contributed by atoms with Gasteiger partial charge in [-0.05, 0) is 19.3 Å². The molecule has 1 saturated carbocycles. The zero-order valence-corrected chi connectivity index (χ0v) is 10.9. The maximum atomic E-state index is 5.02. The van der Waals surface area contributed by atoms with Crippen molar-refractivity contribution in [3.05, 3.63) is 15.6 Å². The van der Waals surface area contributed by atoms with Crippen LogP contribution in [0.5, 0.6) is 0 Å². The van der Waals surface area contributed by atoms with E-state index in [0.717, 1.165) is 32.0 Å². The number of rotatable bonds is 7. The number of methoxy groups -OCH3 is 1. The molecule has 1 fully saturated rings. The summed E-state index contributed by atoms with van der Waals surface area (Å²) in [5.41, 5.74) is 1.29. The first-order chi connectivity index (χ1) is 7.85. The molecule has 1 N–H and O–H groups in total. The van der Waals surface area contributed by atoms with Crippen LogP contribution in [-0.2, 0) is 17.7 Å². The van der Waals surface area contributed by atoms with E-state index in [1.54, 1.807) is 7.11 Å². The average Bonchev–Trinajstić information content (AvgIpc) is 3.06. The third kappa shape index (κ3) is 3.03. The summed E-state index contributed by atoms with van der Waals surface area (Å²) in [6.45, 7) is 4.81. The number of thiazole rings is 1. The molecule has 1 aliphatic rings. The van der Waals surface area contributed by atoms with Crippen LogP contribution in [0.15, 0.2) is 0 Å². The van der Waals surface area contributed by atoms with Crippen LogP contribution in [0.3, 0.4) is 0 Å². The number of nitrogens with one attached hydrogen (secondary N) is 1. The monoisotopic (exact) mass is 240 g/mol. The Morgan fingerprint density at radius 2 is 2.31 bits per heavy atom. The van der Waals surface area contributed by atoms with Gasteiger partial charge >= 0.3 is 0 Å². The summed E-state index contributed by atoms with van der Waals surface area (Å²) < 4.78 is 5.02. The molecule has 2 rings (SSSR count). The second kappa shape index (κ2) is 5.75. The van der Waals surface area contributed by atoms with E-state index in [4.69, 9.17) is 9.72 Å². The number of hydrogen-bond acceptors (Lipinski definition) is 4. The Hall–Kier alpha value is -0.450. The highest BCUT2D eigenvalue weighted by molar-refractivity contribution is 7.11. The molecule has 4 heteroatoms. The van der Waals surface area contributed by atoms with E-state index in [2.05, 4.69) is 12.2 Å². The molecule has 0 saturated heterocycles. The number of aromatic nitrogens is 1. The van der Waals surface area contributed by atoms with Crippen molar-refractivity contribution in [2.45, 2.75) is 38.6 Å². The highest BCUT2D eigenvalue weighted by Crippen LogP contribution is 2.42. The molecular weight excluding hydrogens is 220 g/mol. The summed E-state index contributed by atoms with van der Waals surface area (Å²) in [6, 6.07) is 0. The Labute approximate surface area is 101 Å². The number of ether oxygens (including phenoxy) is 1. The molecule has 90 valence electrons. The van der Waals surface area contributed by atoms with Gasteiger partial charge in [-0.15, -0.1) is 11.3 Å². The fourth-order valence-corrected chi connectivity index (χ4v) is 2.99. The molecule has 16 heavy (non-hydrogen) atoms. The van der Waals surface area contributed by atoms with Gasteiger partial charge in [0, 0.05) is 31.0 Å². The van der Waals surface area contributed by atoms with E-state index in [0.29, 0.717) is 0 Å². The molecule has 0 bridgehead atoms. The highest BCUT2D eigenvalue weighted by Gasteiger charge is 2.27. The smallest absolute Gasteiger partial charge is 0.0962 e. The SMILES string of the molecule is CCc1nc(C2CC2)sc1CNCCOC. The second-order valence-corrected chi connectivity index (χ2v) is 5.33. The topological polar surface area (TPSA) is 34.2 Å². The number of hydrogen-bond donors (Lipinski definition) is 1. The lowest BCUT2D eigenvalue weighted by molar-refractivity contribution is 0.199. The third-order valence-corrected chi connectivity index (χ3v) is 4.08. The van der Waals surface area contributed by atoms with Gasteiger partial charge in [0.2, 0.25) is 0 Å². The largest absolute Gasteiger partial charge is 0.383 e. The van der Waals surface area contributed by atoms with E-state index < -0.39 is 0 Å². The molecule has 0 unspecified atom stereocenters. The maximum absolute atomic E-state index is 5.02. The van der Waals surface area contributed by atoms with Gasteiger partial charge in [-0.25, -0.2) is 4.98 Å². The molecule has 0 amide bonds. The molecule has 1 heterocycles. The van der Waals surface area contributed by atoms with Crippen molar-refractivity contribution < 1.29 is 4.74 Å². The van der Waals surface area contributed by atoms with Crippen LogP contribution in [0.2, 0.25) is 0 Å². The summed E-state index contributed by atoms with van der Waals surface area (Å²) in [5, 5.41) is 4.76. The summed E-state index contributed by atoms with van der Waals surface area (Å²) >= 11 is 1.90. The molecule has 1 aliphatic carbocycles. The summed E-state index contributed by atoms with van der Waals surface area (Å²) in [6.07, 6.45) is 3.73. The van der Waals surface area contributed by atoms with E-state index >= 15 is 0 Å². The minimum atomic E-state index is 0.774. The normalized spacial score (nSPS) is 15.6. The van der Waals surface area contributed by atoms with Gasteiger partial charge in [0.05, 0.1) is 17.3 Å². The van der Waals surface area contributed by atoms with Crippen molar-refractivity contribution in [2.24, 2.45) is 0 Å². The molecular formula is C12H20N2OS. The molecule has 1 aromatic heterocycles.